The predicted octanol–water partition coefficient (Wildman–Crippen LogP) is 3.62. The lowest BCUT2D eigenvalue weighted by Crippen LogP contribution is -2.35. The Morgan fingerprint density at radius 2 is 1.62 bits per heavy atom. The van der Waals surface area contributed by atoms with E-state index >= 15 is 0 Å². The van der Waals surface area contributed by atoms with E-state index in [4.69, 9.17) is 27.4 Å². The number of hydrogen-bond acceptors (Lipinski definition) is 3. The second-order valence-corrected chi connectivity index (χ2v) is 6.58. The molecule has 0 aliphatic heterocycles. The third kappa shape index (κ3) is 3.38. The minimum atomic E-state index is -6.10. The number of carboxylic acids is 1. The largest absolute Gasteiger partial charge is 0.478 e. The monoisotopic (exact) mass is 372 g/mol. The van der Waals surface area contributed by atoms with E-state index in [9.17, 15) is 35.2 Å². The van der Waals surface area contributed by atoms with Gasteiger partial charge in [-0.3, -0.25) is 0 Å². The third-order valence-electron chi connectivity index (χ3n) is 2.26. The maximum Gasteiger partial charge on any atom is 0.458 e. The molecule has 0 bridgehead atoms. The average Bonchev–Trinajstić information content (AvgIpc) is 2.24. The highest BCUT2D eigenvalue weighted by Gasteiger charge is 2.60. The standard InChI is InChI=1S/C9H3Cl2F5O4S/c10-5-2-4(8(12,13)9(14,15)16)3(7(17)18)1-6(5)21(11,19)20/h1-2H,(H,17,18). The molecule has 1 rings (SSSR count). The Balaban J connectivity index is 3.79. The first-order chi connectivity index (χ1) is 9.19. The summed E-state index contributed by atoms with van der Waals surface area (Å²) in [7, 11) is 0.246. The fraction of sp³-hybridized carbons (Fsp3) is 0.222. The molecule has 0 aliphatic rings. The average molecular weight is 373 g/mol. The minimum absolute atomic E-state index is 0.0436. The molecule has 0 saturated heterocycles. The van der Waals surface area contributed by atoms with E-state index in [-0.39, 0.29) is 12.1 Å². The lowest BCUT2D eigenvalue weighted by molar-refractivity contribution is -0.289. The van der Waals surface area contributed by atoms with Crippen molar-refractivity contribution >= 4 is 37.3 Å². The van der Waals surface area contributed by atoms with Crippen molar-refractivity contribution in [3.63, 3.8) is 0 Å². The molecule has 0 atom stereocenters. The van der Waals surface area contributed by atoms with Gasteiger partial charge in [0, 0.05) is 16.2 Å². The molecule has 0 radical (unpaired) electrons. The number of benzene rings is 1. The topological polar surface area (TPSA) is 71.4 Å². The Morgan fingerprint density at radius 3 is 1.95 bits per heavy atom. The van der Waals surface area contributed by atoms with Crippen LogP contribution in [0.4, 0.5) is 22.0 Å². The molecule has 4 nitrogen and oxygen atoms in total. The van der Waals surface area contributed by atoms with Gasteiger partial charge in [0.2, 0.25) is 0 Å². The maximum absolute atomic E-state index is 13.3. The van der Waals surface area contributed by atoms with Crippen LogP contribution < -0.4 is 0 Å². The molecule has 0 aliphatic carbocycles. The number of halogens is 7. The molecule has 0 spiro atoms. The molecule has 0 fully saturated rings. The smallest absolute Gasteiger partial charge is 0.458 e. The number of rotatable bonds is 3. The van der Waals surface area contributed by atoms with Crippen LogP contribution in [0.15, 0.2) is 17.0 Å². The Bertz CT molecular complexity index is 699. The molecule has 0 unspecified atom stereocenters. The second-order valence-electron chi connectivity index (χ2n) is 3.64. The Hall–Kier alpha value is -1.13. The fourth-order valence-electron chi connectivity index (χ4n) is 1.33. The number of carbonyl (C=O) groups is 1. The highest BCUT2D eigenvalue weighted by molar-refractivity contribution is 8.13. The molecule has 118 valence electrons. The molecule has 21 heavy (non-hydrogen) atoms. The molecule has 1 aromatic rings. The van der Waals surface area contributed by atoms with Crippen molar-refractivity contribution in [3.8, 4) is 0 Å². The number of hydrogen-bond donors (Lipinski definition) is 1. The van der Waals surface area contributed by atoms with E-state index in [1.54, 1.807) is 0 Å². The van der Waals surface area contributed by atoms with Gasteiger partial charge in [-0.2, -0.15) is 22.0 Å². The van der Waals surface area contributed by atoms with Crippen molar-refractivity contribution in [1.82, 2.24) is 0 Å². The summed E-state index contributed by atoms with van der Waals surface area (Å²) >= 11 is 5.29. The predicted molar refractivity (Wildman–Crippen MR) is 61.4 cm³/mol. The number of carboxylic acid groups (broad SMARTS) is 1. The van der Waals surface area contributed by atoms with Gasteiger partial charge in [0.1, 0.15) is 4.90 Å². The van der Waals surface area contributed by atoms with Crippen LogP contribution in [0.2, 0.25) is 5.02 Å². The summed E-state index contributed by atoms with van der Waals surface area (Å²) in [5.74, 6) is -7.74. The summed E-state index contributed by atoms with van der Waals surface area (Å²) in [6.45, 7) is 0. The van der Waals surface area contributed by atoms with Gasteiger partial charge >= 0.3 is 18.1 Å². The van der Waals surface area contributed by atoms with Gasteiger partial charge in [0.15, 0.2) is 0 Å². The van der Waals surface area contributed by atoms with Crippen LogP contribution in [0.1, 0.15) is 15.9 Å². The van der Waals surface area contributed by atoms with Crippen LogP contribution >= 0.6 is 22.3 Å². The molecule has 12 heteroatoms. The van der Waals surface area contributed by atoms with Crippen molar-refractivity contribution < 1.29 is 40.3 Å². The summed E-state index contributed by atoms with van der Waals surface area (Å²) in [6, 6.07) is -0.0459. The first-order valence-corrected chi connectivity index (χ1v) is 7.35. The molecule has 1 N–H and O–H groups in total. The Morgan fingerprint density at radius 1 is 1.14 bits per heavy atom. The van der Waals surface area contributed by atoms with Gasteiger partial charge in [-0.05, 0) is 12.1 Å². The van der Waals surface area contributed by atoms with Crippen LogP contribution in [-0.2, 0) is 15.0 Å². The lowest BCUT2D eigenvalue weighted by atomic mass is 10.0. The highest BCUT2D eigenvalue weighted by atomic mass is 35.7. The van der Waals surface area contributed by atoms with Crippen LogP contribution in [-0.4, -0.2) is 25.7 Å². The van der Waals surface area contributed by atoms with Gasteiger partial charge in [0.05, 0.1) is 10.6 Å². The van der Waals surface area contributed by atoms with E-state index in [1.807, 2.05) is 0 Å². The van der Waals surface area contributed by atoms with Crippen molar-refractivity contribution in [2.45, 2.75) is 17.0 Å². The quantitative estimate of drug-likeness (QED) is 0.649. The lowest BCUT2D eigenvalue weighted by Gasteiger charge is -2.22. The van der Waals surface area contributed by atoms with E-state index < -0.39 is 48.2 Å². The molecular weight excluding hydrogens is 370 g/mol. The van der Waals surface area contributed by atoms with Crippen molar-refractivity contribution in [1.29, 1.82) is 0 Å². The first kappa shape index (κ1) is 17.9. The second kappa shape index (κ2) is 5.25. The highest BCUT2D eigenvalue weighted by Crippen LogP contribution is 2.46. The normalized spacial score (nSPS) is 13.3. The third-order valence-corrected chi connectivity index (χ3v) is 4.05. The molecular formula is C9H3Cl2F5O4S. The van der Waals surface area contributed by atoms with Crippen LogP contribution in [0.25, 0.3) is 0 Å². The van der Waals surface area contributed by atoms with Crippen LogP contribution in [0.3, 0.4) is 0 Å². The van der Waals surface area contributed by atoms with Crippen molar-refractivity contribution in [3.05, 3.63) is 28.3 Å². The molecule has 0 saturated carbocycles. The summed E-state index contributed by atoms with van der Waals surface area (Å²) in [6.07, 6.45) is -6.10. The minimum Gasteiger partial charge on any atom is -0.478 e. The van der Waals surface area contributed by atoms with E-state index in [2.05, 4.69) is 0 Å². The first-order valence-electron chi connectivity index (χ1n) is 4.66. The number of alkyl halides is 5. The zero-order valence-corrected chi connectivity index (χ0v) is 11.7. The summed E-state index contributed by atoms with van der Waals surface area (Å²) < 4.78 is 85.5. The summed E-state index contributed by atoms with van der Waals surface area (Å²) in [5, 5.41) is 7.63. The molecule has 0 amide bonds. The van der Waals surface area contributed by atoms with Gasteiger partial charge in [-0.15, -0.1) is 0 Å². The van der Waals surface area contributed by atoms with Crippen molar-refractivity contribution in [2.75, 3.05) is 0 Å². The van der Waals surface area contributed by atoms with Gasteiger partial charge in [-0.1, -0.05) is 11.6 Å². The summed E-state index contributed by atoms with van der Waals surface area (Å²) in [4.78, 5) is 9.71. The van der Waals surface area contributed by atoms with Crippen molar-refractivity contribution in [2.24, 2.45) is 0 Å². The van der Waals surface area contributed by atoms with Gasteiger partial charge in [-0.25, -0.2) is 13.2 Å². The van der Waals surface area contributed by atoms with E-state index in [0.717, 1.165) is 0 Å². The Kier molecular flexibility index (Phi) is 4.48. The van der Waals surface area contributed by atoms with Gasteiger partial charge in [0.25, 0.3) is 9.05 Å². The molecule has 1 aromatic carbocycles. The molecule has 0 aromatic heterocycles. The zero-order chi connectivity index (χ0) is 16.8. The molecule has 0 heterocycles. The SMILES string of the molecule is O=C(O)c1cc(S(=O)(=O)Cl)c(Cl)cc1C(F)(F)C(F)(F)F. The van der Waals surface area contributed by atoms with E-state index in [1.165, 1.54) is 0 Å². The Labute approximate surface area is 123 Å². The fourth-order valence-corrected chi connectivity index (χ4v) is 2.85. The maximum atomic E-state index is 13.3. The van der Waals surface area contributed by atoms with Crippen LogP contribution in [0, 0.1) is 0 Å². The van der Waals surface area contributed by atoms with E-state index in [0.29, 0.717) is 0 Å². The summed E-state index contributed by atoms with van der Waals surface area (Å²) in [5.41, 5.74) is -3.57. The number of aromatic carboxylic acids is 1. The zero-order valence-electron chi connectivity index (χ0n) is 9.38. The van der Waals surface area contributed by atoms with Gasteiger partial charge < -0.3 is 5.11 Å². The van der Waals surface area contributed by atoms with Crippen LogP contribution in [0.5, 0.6) is 0 Å².